The Morgan fingerprint density at radius 2 is 1.82 bits per heavy atom. The van der Waals surface area contributed by atoms with E-state index >= 15 is 0 Å². The lowest BCUT2D eigenvalue weighted by Gasteiger charge is -2.09. The number of benzene rings is 2. The van der Waals surface area contributed by atoms with E-state index in [1.807, 2.05) is 42.5 Å². The summed E-state index contributed by atoms with van der Waals surface area (Å²) < 4.78 is 5.70. The van der Waals surface area contributed by atoms with Gasteiger partial charge in [-0.3, -0.25) is 9.78 Å². The number of amides is 1. The fourth-order valence-corrected chi connectivity index (χ4v) is 2.45. The highest BCUT2D eigenvalue weighted by Gasteiger charge is 2.03. The zero-order chi connectivity index (χ0) is 19.6. The zero-order valence-corrected chi connectivity index (χ0v) is 15.3. The normalized spacial score (nSPS) is 9.96. The topological polar surface area (TPSA) is 87.0 Å². The van der Waals surface area contributed by atoms with Gasteiger partial charge in [-0.2, -0.15) is 5.26 Å². The number of nitrogens with one attached hydrogen (secondary N) is 2. The van der Waals surface area contributed by atoms with Gasteiger partial charge in [0.15, 0.2) is 0 Å². The van der Waals surface area contributed by atoms with Crippen molar-refractivity contribution in [1.82, 2.24) is 10.3 Å². The molecule has 1 heterocycles. The van der Waals surface area contributed by atoms with Crippen molar-refractivity contribution in [2.75, 3.05) is 11.9 Å². The average Bonchev–Trinajstić information content (AvgIpc) is 2.76. The third kappa shape index (κ3) is 5.85. The third-order valence-corrected chi connectivity index (χ3v) is 3.99. The maximum absolute atomic E-state index is 12.0. The quantitative estimate of drug-likeness (QED) is 0.634. The van der Waals surface area contributed by atoms with E-state index in [1.165, 1.54) is 0 Å². The van der Waals surface area contributed by atoms with Crippen LogP contribution < -0.4 is 15.4 Å². The van der Waals surface area contributed by atoms with Gasteiger partial charge in [0.25, 0.3) is 0 Å². The third-order valence-electron chi connectivity index (χ3n) is 3.99. The number of nitrogens with zero attached hydrogens (tertiary/aromatic N) is 2. The van der Waals surface area contributed by atoms with Crippen molar-refractivity contribution >= 4 is 11.6 Å². The summed E-state index contributed by atoms with van der Waals surface area (Å²) in [4.78, 5) is 16.2. The lowest BCUT2D eigenvalue weighted by Crippen LogP contribution is -2.29. The SMILES string of the molecule is N#Cc1ccc(NCC(=O)NCc2ccc(OCc3ccccn3)cc2)cc1. The molecule has 2 aromatic carbocycles. The highest BCUT2D eigenvalue weighted by Crippen LogP contribution is 2.14. The molecule has 3 aromatic rings. The van der Waals surface area contributed by atoms with E-state index in [-0.39, 0.29) is 12.5 Å². The molecule has 0 saturated heterocycles. The number of carbonyl (C=O) groups is 1. The van der Waals surface area contributed by atoms with Crippen molar-refractivity contribution in [3.8, 4) is 11.8 Å². The molecule has 0 aliphatic heterocycles. The molecule has 0 spiro atoms. The molecular formula is C22H20N4O2. The summed E-state index contributed by atoms with van der Waals surface area (Å²) in [6.45, 7) is 1.02. The molecule has 1 amide bonds. The van der Waals surface area contributed by atoms with Gasteiger partial charge in [0.05, 0.1) is 23.9 Å². The van der Waals surface area contributed by atoms with Crippen LogP contribution in [0.1, 0.15) is 16.8 Å². The highest BCUT2D eigenvalue weighted by molar-refractivity contribution is 5.80. The maximum Gasteiger partial charge on any atom is 0.239 e. The van der Waals surface area contributed by atoms with Crippen LogP contribution in [0.15, 0.2) is 72.9 Å². The smallest absolute Gasteiger partial charge is 0.239 e. The van der Waals surface area contributed by atoms with Gasteiger partial charge < -0.3 is 15.4 Å². The maximum atomic E-state index is 12.0. The lowest BCUT2D eigenvalue weighted by molar-refractivity contribution is -0.119. The second kappa shape index (κ2) is 9.74. The van der Waals surface area contributed by atoms with Gasteiger partial charge in [0.2, 0.25) is 5.91 Å². The second-order valence-electron chi connectivity index (χ2n) is 6.07. The van der Waals surface area contributed by atoms with Gasteiger partial charge in [-0.05, 0) is 54.1 Å². The predicted octanol–water partition coefficient (Wildman–Crippen LogP) is 3.26. The number of pyridine rings is 1. The van der Waals surface area contributed by atoms with Crippen LogP contribution in [0.2, 0.25) is 0 Å². The van der Waals surface area contributed by atoms with Crippen molar-refractivity contribution in [2.24, 2.45) is 0 Å². The fraction of sp³-hybridized carbons (Fsp3) is 0.136. The number of carbonyl (C=O) groups excluding carboxylic acids is 1. The molecule has 0 saturated carbocycles. The largest absolute Gasteiger partial charge is 0.487 e. The summed E-state index contributed by atoms with van der Waals surface area (Å²) >= 11 is 0. The minimum Gasteiger partial charge on any atom is -0.487 e. The Morgan fingerprint density at radius 3 is 2.50 bits per heavy atom. The van der Waals surface area contributed by atoms with E-state index in [1.54, 1.807) is 30.5 Å². The van der Waals surface area contributed by atoms with Crippen LogP contribution in [0.4, 0.5) is 5.69 Å². The van der Waals surface area contributed by atoms with E-state index in [4.69, 9.17) is 10.00 Å². The van der Waals surface area contributed by atoms with Crippen LogP contribution in [-0.2, 0) is 17.9 Å². The molecule has 1 aromatic heterocycles. The van der Waals surface area contributed by atoms with Crippen LogP contribution in [0.5, 0.6) is 5.75 Å². The molecule has 6 nitrogen and oxygen atoms in total. The number of anilines is 1. The molecule has 3 rings (SSSR count). The Kier molecular flexibility index (Phi) is 6.58. The van der Waals surface area contributed by atoms with E-state index in [2.05, 4.69) is 21.7 Å². The molecule has 0 unspecified atom stereocenters. The number of hydrogen-bond donors (Lipinski definition) is 2. The monoisotopic (exact) mass is 372 g/mol. The Balaban J connectivity index is 1.40. The number of hydrogen-bond acceptors (Lipinski definition) is 5. The molecule has 0 radical (unpaired) electrons. The van der Waals surface area contributed by atoms with Gasteiger partial charge >= 0.3 is 0 Å². The molecule has 28 heavy (non-hydrogen) atoms. The molecule has 0 bridgehead atoms. The Hall–Kier alpha value is -3.85. The Bertz CT molecular complexity index is 933. The first-order valence-corrected chi connectivity index (χ1v) is 8.85. The van der Waals surface area contributed by atoms with E-state index in [9.17, 15) is 4.79 Å². The predicted molar refractivity (Wildman–Crippen MR) is 107 cm³/mol. The number of nitriles is 1. The van der Waals surface area contributed by atoms with Crippen molar-refractivity contribution < 1.29 is 9.53 Å². The van der Waals surface area contributed by atoms with Gasteiger partial charge in [-0.15, -0.1) is 0 Å². The number of rotatable bonds is 8. The summed E-state index contributed by atoms with van der Waals surface area (Å²) in [5, 5.41) is 14.7. The van der Waals surface area contributed by atoms with Crippen molar-refractivity contribution in [1.29, 1.82) is 5.26 Å². The molecule has 2 N–H and O–H groups in total. The average molecular weight is 372 g/mol. The first kappa shape index (κ1) is 18.9. The number of aromatic nitrogens is 1. The van der Waals surface area contributed by atoms with E-state index in [0.29, 0.717) is 18.7 Å². The minimum absolute atomic E-state index is 0.111. The van der Waals surface area contributed by atoms with Gasteiger partial charge in [0, 0.05) is 18.4 Å². The molecule has 140 valence electrons. The zero-order valence-electron chi connectivity index (χ0n) is 15.3. The van der Waals surface area contributed by atoms with Crippen LogP contribution in [0.3, 0.4) is 0 Å². The Morgan fingerprint density at radius 1 is 1.04 bits per heavy atom. The summed E-state index contributed by atoms with van der Waals surface area (Å²) in [5.74, 6) is 0.642. The molecular weight excluding hydrogens is 352 g/mol. The molecule has 6 heteroatoms. The van der Waals surface area contributed by atoms with Crippen molar-refractivity contribution in [3.05, 3.63) is 89.7 Å². The Labute approximate surface area is 163 Å². The number of ether oxygens (including phenoxy) is 1. The van der Waals surface area contributed by atoms with Crippen LogP contribution >= 0.6 is 0 Å². The molecule has 0 atom stereocenters. The highest BCUT2D eigenvalue weighted by atomic mass is 16.5. The first-order chi connectivity index (χ1) is 13.7. The lowest BCUT2D eigenvalue weighted by atomic mass is 10.2. The summed E-state index contributed by atoms with van der Waals surface area (Å²) in [6, 6.07) is 22.3. The van der Waals surface area contributed by atoms with E-state index < -0.39 is 0 Å². The van der Waals surface area contributed by atoms with Crippen LogP contribution in [-0.4, -0.2) is 17.4 Å². The van der Waals surface area contributed by atoms with Crippen molar-refractivity contribution in [3.63, 3.8) is 0 Å². The fourth-order valence-electron chi connectivity index (χ4n) is 2.45. The molecule has 0 aliphatic carbocycles. The molecule has 0 aliphatic rings. The summed E-state index contributed by atoms with van der Waals surface area (Å²) in [5.41, 5.74) is 3.23. The second-order valence-corrected chi connectivity index (χ2v) is 6.07. The van der Waals surface area contributed by atoms with Gasteiger partial charge in [-0.25, -0.2) is 0 Å². The van der Waals surface area contributed by atoms with Crippen LogP contribution in [0.25, 0.3) is 0 Å². The summed E-state index contributed by atoms with van der Waals surface area (Å²) in [7, 11) is 0. The van der Waals surface area contributed by atoms with E-state index in [0.717, 1.165) is 22.7 Å². The van der Waals surface area contributed by atoms with Gasteiger partial charge in [-0.1, -0.05) is 18.2 Å². The van der Waals surface area contributed by atoms with Crippen LogP contribution in [0, 0.1) is 11.3 Å². The standard InChI is InChI=1S/C22H20N4O2/c23-13-17-4-8-19(9-5-17)25-15-22(27)26-14-18-6-10-21(11-7-18)28-16-20-3-1-2-12-24-20/h1-12,25H,14-16H2,(H,26,27). The minimum atomic E-state index is -0.111. The molecule has 0 fully saturated rings. The first-order valence-electron chi connectivity index (χ1n) is 8.85. The van der Waals surface area contributed by atoms with Crippen molar-refractivity contribution in [2.45, 2.75) is 13.2 Å². The van der Waals surface area contributed by atoms with Gasteiger partial charge in [0.1, 0.15) is 12.4 Å². The summed E-state index contributed by atoms with van der Waals surface area (Å²) in [6.07, 6.45) is 1.74.